The van der Waals surface area contributed by atoms with Crippen LogP contribution in [0.4, 0.5) is 0 Å². The fraction of sp³-hybridized carbons (Fsp3) is 0.882. The molecule has 1 aliphatic carbocycles. The monoisotopic (exact) mass is 292 g/mol. The smallest absolute Gasteiger partial charge is 0.229 e. The van der Waals surface area contributed by atoms with Gasteiger partial charge >= 0.3 is 0 Å². The van der Waals surface area contributed by atoms with E-state index in [1.54, 1.807) is 4.90 Å². The molecule has 4 nitrogen and oxygen atoms in total. The molecule has 118 valence electrons. The molecule has 0 aromatic carbocycles. The number of hydrogen-bond acceptors (Lipinski definition) is 3. The Hall–Kier alpha value is -0.900. The average Bonchev–Trinajstić information content (AvgIpc) is 2.44. The standard InChI is InChI=1S/C17H28N2O2/c1-13-6-5-7-14(18-13)12-19-15(20)10-17(11-16(19)21)8-3-2-4-9-17/h13-14,18H,2-12H2,1H3. The number of amides is 2. The maximum absolute atomic E-state index is 12.5. The normalized spacial score (nSPS) is 33.5. The zero-order valence-electron chi connectivity index (χ0n) is 13.2. The van der Waals surface area contributed by atoms with E-state index in [2.05, 4.69) is 12.2 Å². The van der Waals surface area contributed by atoms with Gasteiger partial charge in [0.05, 0.1) is 0 Å². The van der Waals surface area contributed by atoms with E-state index >= 15 is 0 Å². The second-order valence-corrected chi connectivity index (χ2v) is 7.51. The lowest BCUT2D eigenvalue weighted by molar-refractivity contribution is -0.155. The molecule has 2 saturated heterocycles. The van der Waals surface area contributed by atoms with E-state index < -0.39 is 0 Å². The highest BCUT2D eigenvalue weighted by Crippen LogP contribution is 2.45. The highest BCUT2D eigenvalue weighted by Gasteiger charge is 2.44. The number of carbonyl (C=O) groups excluding carboxylic acids is 2. The Morgan fingerprint density at radius 1 is 1.05 bits per heavy atom. The Morgan fingerprint density at radius 2 is 1.71 bits per heavy atom. The molecule has 2 amide bonds. The van der Waals surface area contributed by atoms with Gasteiger partial charge in [-0.3, -0.25) is 14.5 Å². The first kappa shape index (κ1) is 15.0. The van der Waals surface area contributed by atoms with Crippen LogP contribution in [-0.4, -0.2) is 35.3 Å². The second-order valence-electron chi connectivity index (χ2n) is 7.51. The average molecular weight is 292 g/mol. The lowest BCUT2D eigenvalue weighted by atomic mass is 9.67. The van der Waals surface area contributed by atoms with E-state index in [0.717, 1.165) is 19.3 Å². The summed E-state index contributed by atoms with van der Waals surface area (Å²) in [5, 5.41) is 3.53. The molecule has 21 heavy (non-hydrogen) atoms. The molecule has 2 unspecified atom stereocenters. The lowest BCUT2D eigenvalue weighted by Gasteiger charge is -2.43. The van der Waals surface area contributed by atoms with Gasteiger partial charge in [-0.2, -0.15) is 0 Å². The first-order chi connectivity index (χ1) is 10.1. The SMILES string of the molecule is CC1CCCC(CN2C(=O)CC3(CCCCC3)CC2=O)N1. The minimum Gasteiger partial charge on any atom is -0.310 e. The molecule has 4 heteroatoms. The summed E-state index contributed by atoms with van der Waals surface area (Å²) < 4.78 is 0. The molecule has 0 radical (unpaired) electrons. The third-order valence-corrected chi connectivity index (χ3v) is 5.68. The summed E-state index contributed by atoms with van der Waals surface area (Å²) in [6, 6.07) is 0.797. The minimum atomic E-state index is 0.0101. The molecule has 2 heterocycles. The first-order valence-corrected chi connectivity index (χ1v) is 8.67. The van der Waals surface area contributed by atoms with Gasteiger partial charge in [0, 0.05) is 31.5 Å². The van der Waals surface area contributed by atoms with Gasteiger partial charge in [0.15, 0.2) is 0 Å². The van der Waals surface area contributed by atoms with Crippen molar-refractivity contribution in [1.29, 1.82) is 0 Å². The van der Waals surface area contributed by atoms with Gasteiger partial charge in [-0.25, -0.2) is 0 Å². The van der Waals surface area contributed by atoms with Crippen LogP contribution in [0.1, 0.15) is 71.1 Å². The van der Waals surface area contributed by atoms with Crippen molar-refractivity contribution in [2.45, 2.75) is 83.2 Å². The van der Waals surface area contributed by atoms with Crippen molar-refractivity contribution in [2.75, 3.05) is 6.54 Å². The molecule has 1 N–H and O–H groups in total. The van der Waals surface area contributed by atoms with Gasteiger partial charge in [0.25, 0.3) is 0 Å². The van der Waals surface area contributed by atoms with Gasteiger partial charge < -0.3 is 5.32 Å². The third-order valence-electron chi connectivity index (χ3n) is 5.68. The van der Waals surface area contributed by atoms with E-state index in [0.29, 0.717) is 31.5 Å². The first-order valence-electron chi connectivity index (χ1n) is 8.67. The number of carbonyl (C=O) groups is 2. The number of nitrogens with zero attached hydrogens (tertiary/aromatic N) is 1. The van der Waals surface area contributed by atoms with E-state index in [1.165, 1.54) is 32.1 Å². The molecule has 2 aliphatic heterocycles. The molecule has 0 aromatic rings. The minimum absolute atomic E-state index is 0.0101. The molecule has 1 saturated carbocycles. The van der Waals surface area contributed by atoms with Crippen LogP contribution in [0.3, 0.4) is 0 Å². The van der Waals surface area contributed by atoms with Crippen LogP contribution in [0, 0.1) is 5.41 Å². The summed E-state index contributed by atoms with van der Waals surface area (Å²) in [5.74, 6) is 0.154. The number of imide groups is 1. The predicted octanol–water partition coefficient (Wildman–Crippen LogP) is 2.62. The Labute approximate surface area is 127 Å². The predicted molar refractivity (Wildman–Crippen MR) is 81.7 cm³/mol. The van der Waals surface area contributed by atoms with Crippen molar-refractivity contribution < 1.29 is 9.59 Å². The zero-order chi connectivity index (χ0) is 14.9. The van der Waals surface area contributed by atoms with Crippen molar-refractivity contribution in [3.05, 3.63) is 0 Å². The van der Waals surface area contributed by atoms with Crippen molar-refractivity contribution in [3.63, 3.8) is 0 Å². The number of hydrogen-bond donors (Lipinski definition) is 1. The van der Waals surface area contributed by atoms with Crippen LogP contribution in [0.5, 0.6) is 0 Å². The summed E-state index contributed by atoms with van der Waals surface area (Å²) in [5.41, 5.74) is 0.0101. The highest BCUT2D eigenvalue weighted by molar-refractivity contribution is 5.98. The zero-order valence-corrected chi connectivity index (χ0v) is 13.2. The van der Waals surface area contributed by atoms with Crippen LogP contribution in [-0.2, 0) is 9.59 Å². The third kappa shape index (κ3) is 3.31. The Balaban J connectivity index is 1.62. The molecule has 0 aromatic heterocycles. The maximum atomic E-state index is 12.5. The molecular formula is C17H28N2O2. The topological polar surface area (TPSA) is 49.4 Å². The molecule has 1 spiro atoms. The molecule has 3 fully saturated rings. The maximum Gasteiger partial charge on any atom is 0.229 e. The number of piperidine rings is 2. The largest absolute Gasteiger partial charge is 0.310 e. The van der Waals surface area contributed by atoms with Crippen molar-refractivity contribution in [1.82, 2.24) is 10.2 Å². The van der Waals surface area contributed by atoms with E-state index in [9.17, 15) is 9.59 Å². The second kappa shape index (κ2) is 6.07. The van der Waals surface area contributed by atoms with Crippen molar-refractivity contribution in [2.24, 2.45) is 5.41 Å². The van der Waals surface area contributed by atoms with Crippen LogP contribution in [0.2, 0.25) is 0 Å². The van der Waals surface area contributed by atoms with Gasteiger partial charge in [-0.15, -0.1) is 0 Å². The molecular weight excluding hydrogens is 264 g/mol. The Bertz CT molecular complexity index is 395. The molecule has 3 rings (SSSR count). The van der Waals surface area contributed by atoms with Crippen molar-refractivity contribution >= 4 is 11.8 Å². The summed E-state index contributed by atoms with van der Waals surface area (Å²) in [6.07, 6.45) is 10.4. The number of nitrogens with one attached hydrogen (secondary N) is 1. The van der Waals surface area contributed by atoms with E-state index in [1.807, 2.05) is 0 Å². The number of likely N-dealkylation sites (tertiary alicyclic amines) is 1. The fourth-order valence-electron chi connectivity index (χ4n) is 4.50. The van der Waals surface area contributed by atoms with Gasteiger partial charge in [-0.1, -0.05) is 25.7 Å². The van der Waals surface area contributed by atoms with Crippen LogP contribution in [0.25, 0.3) is 0 Å². The van der Waals surface area contributed by atoms with E-state index in [-0.39, 0.29) is 17.2 Å². The number of rotatable bonds is 2. The molecule has 3 aliphatic rings. The fourth-order valence-corrected chi connectivity index (χ4v) is 4.50. The Morgan fingerprint density at radius 3 is 2.33 bits per heavy atom. The van der Waals surface area contributed by atoms with Crippen LogP contribution >= 0.6 is 0 Å². The van der Waals surface area contributed by atoms with Gasteiger partial charge in [0.2, 0.25) is 11.8 Å². The van der Waals surface area contributed by atoms with Crippen LogP contribution < -0.4 is 5.32 Å². The van der Waals surface area contributed by atoms with Gasteiger partial charge in [0.1, 0.15) is 0 Å². The summed E-state index contributed by atoms with van der Waals surface area (Å²) in [4.78, 5) is 26.6. The summed E-state index contributed by atoms with van der Waals surface area (Å²) in [7, 11) is 0. The summed E-state index contributed by atoms with van der Waals surface area (Å²) in [6.45, 7) is 2.76. The highest BCUT2D eigenvalue weighted by atomic mass is 16.2. The summed E-state index contributed by atoms with van der Waals surface area (Å²) >= 11 is 0. The van der Waals surface area contributed by atoms with Crippen molar-refractivity contribution in [3.8, 4) is 0 Å². The lowest BCUT2D eigenvalue weighted by Crippen LogP contribution is -2.54. The molecule has 0 bridgehead atoms. The van der Waals surface area contributed by atoms with Gasteiger partial charge in [-0.05, 0) is 38.0 Å². The Kier molecular flexibility index (Phi) is 4.34. The van der Waals surface area contributed by atoms with E-state index in [4.69, 9.17) is 0 Å². The molecule has 2 atom stereocenters. The van der Waals surface area contributed by atoms with Crippen LogP contribution in [0.15, 0.2) is 0 Å². The quantitative estimate of drug-likeness (QED) is 0.796.